The summed E-state index contributed by atoms with van der Waals surface area (Å²) in [6.07, 6.45) is 4.00. The second-order valence-corrected chi connectivity index (χ2v) is 9.04. The van der Waals surface area contributed by atoms with Gasteiger partial charge in [-0.05, 0) is 38.7 Å². The van der Waals surface area contributed by atoms with Gasteiger partial charge in [0.1, 0.15) is 16.2 Å². The Balaban J connectivity index is 1.54. The van der Waals surface area contributed by atoms with Crippen molar-refractivity contribution in [3.8, 4) is 0 Å². The molecule has 6 nitrogen and oxygen atoms in total. The summed E-state index contributed by atoms with van der Waals surface area (Å²) in [4.78, 5) is 37.5. The summed E-state index contributed by atoms with van der Waals surface area (Å²) >= 11 is 3.15. The molecular weight excluding hydrogens is 380 g/mol. The number of nitrogens with zero attached hydrogens (tertiary/aromatic N) is 3. The Morgan fingerprint density at radius 1 is 1.30 bits per heavy atom. The largest absolute Gasteiger partial charge is 0.356 e. The molecule has 0 radical (unpaired) electrons. The minimum atomic E-state index is 0.0335. The number of hydrogen-bond donors (Lipinski definition) is 1. The highest BCUT2D eigenvalue weighted by Gasteiger charge is 2.27. The molecule has 27 heavy (non-hydrogen) atoms. The smallest absolute Gasteiger partial charge is 0.232 e. The first-order valence-corrected chi connectivity index (χ1v) is 11.2. The van der Waals surface area contributed by atoms with Crippen LogP contribution in [-0.2, 0) is 9.59 Å². The third-order valence-electron chi connectivity index (χ3n) is 5.03. The molecule has 0 bridgehead atoms. The minimum absolute atomic E-state index is 0.0335. The van der Waals surface area contributed by atoms with Gasteiger partial charge in [-0.3, -0.25) is 9.59 Å². The van der Waals surface area contributed by atoms with Gasteiger partial charge >= 0.3 is 0 Å². The van der Waals surface area contributed by atoms with E-state index in [1.165, 1.54) is 22.2 Å². The summed E-state index contributed by atoms with van der Waals surface area (Å²) in [5, 5.41) is 4.91. The number of thiophene rings is 1. The van der Waals surface area contributed by atoms with Crippen LogP contribution in [0.3, 0.4) is 0 Å². The highest BCUT2D eigenvalue weighted by Crippen LogP contribution is 2.34. The molecule has 3 rings (SSSR count). The first-order chi connectivity index (χ1) is 13.0. The Hall–Kier alpha value is -1.67. The number of fused-ring (bicyclic) bond motifs is 1. The number of aryl methyl sites for hydroxylation is 2. The molecule has 0 spiro atoms. The van der Waals surface area contributed by atoms with Crippen LogP contribution in [0.1, 0.15) is 36.6 Å². The van der Waals surface area contributed by atoms with Crippen LogP contribution in [0.4, 0.5) is 0 Å². The molecule has 1 fully saturated rings. The van der Waals surface area contributed by atoms with E-state index >= 15 is 0 Å². The van der Waals surface area contributed by atoms with Crippen molar-refractivity contribution in [3.63, 3.8) is 0 Å². The third kappa shape index (κ3) is 4.60. The van der Waals surface area contributed by atoms with E-state index in [-0.39, 0.29) is 17.7 Å². The lowest BCUT2D eigenvalue weighted by Gasteiger charge is -2.31. The Kier molecular flexibility index (Phi) is 6.70. The number of aromatic nitrogens is 2. The van der Waals surface area contributed by atoms with Crippen molar-refractivity contribution < 1.29 is 9.59 Å². The molecule has 1 saturated heterocycles. The van der Waals surface area contributed by atoms with Crippen LogP contribution in [0.2, 0.25) is 0 Å². The van der Waals surface area contributed by atoms with Crippen LogP contribution in [0.25, 0.3) is 10.2 Å². The Morgan fingerprint density at radius 3 is 2.74 bits per heavy atom. The zero-order chi connectivity index (χ0) is 19.4. The van der Waals surface area contributed by atoms with Crippen molar-refractivity contribution in [2.75, 3.05) is 25.4 Å². The van der Waals surface area contributed by atoms with Crippen molar-refractivity contribution in [1.82, 2.24) is 20.2 Å². The van der Waals surface area contributed by atoms with Crippen LogP contribution in [0, 0.1) is 19.8 Å². The van der Waals surface area contributed by atoms with Crippen molar-refractivity contribution in [3.05, 3.63) is 16.8 Å². The van der Waals surface area contributed by atoms with E-state index in [1.807, 2.05) is 11.8 Å². The lowest BCUT2D eigenvalue weighted by atomic mass is 9.96. The van der Waals surface area contributed by atoms with E-state index in [0.717, 1.165) is 41.0 Å². The number of carbonyl (C=O) groups excluding carboxylic acids is 2. The van der Waals surface area contributed by atoms with E-state index in [4.69, 9.17) is 0 Å². The van der Waals surface area contributed by atoms with Gasteiger partial charge in [0.2, 0.25) is 11.8 Å². The van der Waals surface area contributed by atoms with Crippen LogP contribution in [0.15, 0.2) is 11.4 Å². The molecule has 3 heterocycles. The van der Waals surface area contributed by atoms with Crippen LogP contribution >= 0.6 is 23.1 Å². The molecule has 0 unspecified atom stereocenters. The van der Waals surface area contributed by atoms with Crippen molar-refractivity contribution in [2.24, 2.45) is 5.92 Å². The zero-order valence-corrected chi connectivity index (χ0v) is 17.7. The number of likely N-dealkylation sites (tertiary alicyclic amines) is 1. The van der Waals surface area contributed by atoms with Gasteiger partial charge in [0, 0.05) is 35.8 Å². The Bertz CT molecular complexity index is 828. The number of piperidine rings is 1. The number of rotatable bonds is 6. The monoisotopic (exact) mass is 406 g/mol. The maximum absolute atomic E-state index is 12.6. The Morgan fingerprint density at radius 2 is 2.04 bits per heavy atom. The highest BCUT2D eigenvalue weighted by atomic mass is 32.2. The molecule has 1 aliphatic heterocycles. The topological polar surface area (TPSA) is 75.2 Å². The summed E-state index contributed by atoms with van der Waals surface area (Å²) in [7, 11) is 0. The van der Waals surface area contributed by atoms with E-state index in [0.29, 0.717) is 18.8 Å². The molecule has 0 aliphatic carbocycles. The molecule has 2 aromatic heterocycles. The summed E-state index contributed by atoms with van der Waals surface area (Å²) in [5.74, 6) is 0.646. The second-order valence-electron chi connectivity index (χ2n) is 6.88. The quantitative estimate of drug-likeness (QED) is 0.589. The third-order valence-corrected chi connectivity index (χ3v) is 7.12. The molecule has 0 aromatic carbocycles. The predicted molar refractivity (Wildman–Crippen MR) is 110 cm³/mol. The first kappa shape index (κ1) is 20.1. The fourth-order valence-corrected chi connectivity index (χ4v) is 5.28. The molecular formula is C19H26N4O2S2. The van der Waals surface area contributed by atoms with Gasteiger partial charge in [-0.25, -0.2) is 9.97 Å². The van der Waals surface area contributed by atoms with Gasteiger partial charge < -0.3 is 10.2 Å². The summed E-state index contributed by atoms with van der Waals surface area (Å²) in [5.41, 5.74) is 1.20. The minimum Gasteiger partial charge on any atom is -0.356 e. The van der Waals surface area contributed by atoms with Crippen LogP contribution < -0.4 is 5.32 Å². The normalized spacial score (nSPS) is 15.3. The Labute approximate surface area is 168 Å². The van der Waals surface area contributed by atoms with Gasteiger partial charge in [0.15, 0.2) is 0 Å². The van der Waals surface area contributed by atoms with E-state index in [9.17, 15) is 9.59 Å². The maximum Gasteiger partial charge on any atom is 0.232 e. The zero-order valence-electron chi connectivity index (χ0n) is 16.1. The van der Waals surface area contributed by atoms with E-state index < -0.39 is 0 Å². The van der Waals surface area contributed by atoms with Crippen molar-refractivity contribution in [2.45, 2.75) is 45.1 Å². The lowest BCUT2D eigenvalue weighted by molar-refractivity contribution is -0.133. The summed E-state index contributed by atoms with van der Waals surface area (Å²) < 4.78 is 0. The number of thioether (sulfide) groups is 1. The number of hydrogen-bond acceptors (Lipinski definition) is 6. The average Bonchev–Trinajstić information content (AvgIpc) is 2.98. The summed E-state index contributed by atoms with van der Waals surface area (Å²) in [6, 6.07) is 0. The van der Waals surface area contributed by atoms with Gasteiger partial charge in [-0.1, -0.05) is 18.7 Å². The van der Waals surface area contributed by atoms with Crippen molar-refractivity contribution >= 4 is 45.1 Å². The summed E-state index contributed by atoms with van der Waals surface area (Å²) in [6.45, 7) is 8.24. The van der Waals surface area contributed by atoms with Crippen LogP contribution in [0.5, 0.6) is 0 Å². The van der Waals surface area contributed by atoms with Gasteiger partial charge in [0.25, 0.3) is 0 Å². The first-order valence-electron chi connectivity index (χ1n) is 9.40. The molecule has 1 aliphatic rings. The molecule has 8 heteroatoms. The number of carbonyl (C=O) groups is 2. The standard InChI is InChI=1S/C19H26N4O2S2/c1-4-7-20-17(25)14-5-8-23(9-6-14)15(24)10-26-18-16-12(2)13(3)27-19(16)22-11-21-18/h11,14H,4-10H2,1-3H3,(H,20,25). The lowest BCUT2D eigenvalue weighted by Crippen LogP contribution is -2.43. The molecule has 0 saturated carbocycles. The average molecular weight is 407 g/mol. The second kappa shape index (κ2) is 9.01. The van der Waals surface area contributed by atoms with Gasteiger partial charge in [-0.15, -0.1) is 11.3 Å². The predicted octanol–water partition coefficient (Wildman–Crippen LogP) is 3.17. The fourth-order valence-electron chi connectivity index (χ4n) is 3.26. The molecule has 2 aromatic rings. The molecule has 146 valence electrons. The number of nitrogens with one attached hydrogen (secondary N) is 1. The highest BCUT2D eigenvalue weighted by molar-refractivity contribution is 8.00. The van der Waals surface area contributed by atoms with Gasteiger partial charge in [0.05, 0.1) is 5.75 Å². The fraction of sp³-hybridized carbons (Fsp3) is 0.579. The van der Waals surface area contributed by atoms with E-state index in [2.05, 4.69) is 29.1 Å². The van der Waals surface area contributed by atoms with Gasteiger partial charge in [-0.2, -0.15) is 0 Å². The number of amides is 2. The van der Waals surface area contributed by atoms with E-state index in [1.54, 1.807) is 17.7 Å². The van der Waals surface area contributed by atoms with Crippen molar-refractivity contribution in [1.29, 1.82) is 0 Å². The maximum atomic E-state index is 12.6. The SMILES string of the molecule is CCCNC(=O)C1CCN(C(=O)CSc2ncnc3sc(C)c(C)c23)CC1. The molecule has 1 N–H and O–H groups in total. The molecule has 2 amide bonds. The molecule has 0 atom stereocenters. The van der Waals surface area contributed by atoms with Crippen LogP contribution in [-0.4, -0.2) is 52.1 Å².